The first kappa shape index (κ1) is 19.2. The van der Waals surface area contributed by atoms with E-state index in [9.17, 15) is 0 Å². The minimum Gasteiger partial charge on any atom is -0.314 e. The highest BCUT2D eigenvalue weighted by Crippen LogP contribution is 2.68. The van der Waals surface area contributed by atoms with Crippen LogP contribution >= 0.6 is 8.38 Å². The van der Waals surface area contributed by atoms with Gasteiger partial charge in [0, 0.05) is 6.66 Å². The van der Waals surface area contributed by atoms with Crippen LogP contribution in [0.15, 0.2) is 121 Å². The summed E-state index contributed by atoms with van der Waals surface area (Å²) in [5.41, 5.74) is 2.68. The minimum atomic E-state index is -1.14. The highest BCUT2D eigenvalue weighted by Gasteiger charge is 2.64. The van der Waals surface area contributed by atoms with Crippen LogP contribution in [0.5, 0.6) is 0 Å². The molecular formula is C27H23O2P. The largest absolute Gasteiger partial charge is 0.314 e. The molecule has 0 unspecified atom stereocenters. The lowest BCUT2D eigenvalue weighted by molar-refractivity contribution is 0.00370. The molecule has 0 atom stereocenters. The fourth-order valence-electron chi connectivity index (χ4n) is 4.58. The fraction of sp³-hybridized carbons (Fsp3) is 0.111. The Morgan fingerprint density at radius 2 is 0.667 bits per heavy atom. The molecule has 4 aromatic carbocycles. The van der Waals surface area contributed by atoms with Gasteiger partial charge in [-0.2, -0.15) is 0 Å². The van der Waals surface area contributed by atoms with Crippen molar-refractivity contribution >= 4 is 8.38 Å². The zero-order chi connectivity index (χ0) is 20.4. The van der Waals surface area contributed by atoms with Crippen LogP contribution in [0, 0.1) is 0 Å². The number of hydrogen-bond acceptors (Lipinski definition) is 2. The lowest BCUT2D eigenvalue weighted by atomic mass is 9.66. The van der Waals surface area contributed by atoms with Crippen molar-refractivity contribution in [2.75, 3.05) is 6.66 Å². The Kier molecular flexibility index (Phi) is 5.00. The molecule has 0 aromatic heterocycles. The smallest absolute Gasteiger partial charge is 0.169 e. The fourth-order valence-corrected chi connectivity index (χ4v) is 6.07. The van der Waals surface area contributed by atoms with Gasteiger partial charge in [-0.3, -0.25) is 0 Å². The third-order valence-electron chi connectivity index (χ3n) is 5.75. The molecule has 0 N–H and O–H groups in total. The first-order chi connectivity index (χ1) is 14.8. The molecule has 0 aliphatic carbocycles. The van der Waals surface area contributed by atoms with Gasteiger partial charge in [-0.25, -0.2) is 0 Å². The second kappa shape index (κ2) is 7.81. The van der Waals surface area contributed by atoms with Crippen LogP contribution in [-0.2, 0) is 20.2 Å². The summed E-state index contributed by atoms with van der Waals surface area (Å²) < 4.78 is 13.8. The summed E-state index contributed by atoms with van der Waals surface area (Å²) in [6.07, 6.45) is 0. The second-order valence-corrected chi connectivity index (χ2v) is 8.69. The molecule has 5 rings (SSSR count). The summed E-state index contributed by atoms with van der Waals surface area (Å²) in [6.45, 7) is 2.05. The number of benzene rings is 4. The van der Waals surface area contributed by atoms with E-state index in [0.717, 1.165) is 22.3 Å². The highest BCUT2D eigenvalue weighted by atomic mass is 31.2. The highest BCUT2D eigenvalue weighted by molar-refractivity contribution is 7.46. The predicted molar refractivity (Wildman–Crippen MR) is 122 cm³/mol. The minimum absolute atomic E-state index is 0.821. The number of rotatable bonds is 4. The van der Waals surface area contributed by atoms with Gasteiger partial charge in [-0.05, 0) is 22.3 Å². The molecule has 0 bridgehead atoms. The van der Waals surface area contributed by atoms with E-state index in [-0.39, 0.29) is 0 Å². The van der Waals surface area contributed by atoms with Crippen molar-refractivity contribution in [1.82, 2.24) is 0 Å². The first-order valence-electron chi connectivity index (χ1n) is 10.1. The lowest BCUT2D eigenvalue weighted by Gasteiger charge is -2.44. The predicted octanol–water partition coefficient (Wildman–Crippen LogP) is 6.86. The molecule has 2 nitrogen and oxygen atoms in total. The summed E-state index contributed by atoms with van der Waals surface area (Å²) in [6, 6.07) is 41.9. The Labute approximate surface area is 179 Å². The number of hydrogen-bond donors (Lipinski definition) is 0. The molecule has 3 heteroatoms. The summed E-state index contributed by atoms with van der Waals surface area (Å²) in [7, 11) is -1.14. The molecule has 1 fully saturated rings. The molecule has 4 aromatic rings. The van der Waals surface area contributed by atoms with Crippen LogP contribution in [-0.4, -0.2) is 6.66 Å². The summed E-state index contributed by atoms with van der Waals surface area (Å²) in [5.74, 6) is 0. The third kappa shape index (κ3) is 2.84. The maximum absolute atomic E-state index is 6.89. The van der Waals surface area contributed by atoms with Gasteiger partial charge in [-0.1, -0.05) is 121 Å². The zero-order valence-electron chi connectivity index (χ0n) is 16.8. The van der Waals surface area contributed by atoms with Crippen LogP contribution in [0.1, 0.15) is 22.3 Å². The van der Waals surface area contributed by atoms with E-state index in [1.807, 2.05) is 30.9 Å². The summed E-state index contributed by atoms with van der Waals surface area (Å²) >= 11 is 0. The Balaban J connectivity index is 1.93. The standard InChI is InChI=1S/C27H23O2P/c1-30-28-26(22-14-6-2-7-15-22,23-16-8-3-9-17-23)27(29-30,24-18-10-4-11-19-24)25-20-12-5-13-21-25/h2-21H,1H3. The van der Waals surface area contributed by atoms with E-state index in [4.69, 9.17) is 9.05 Å². The van der Waals surface area contributed by atoms with Gasteiger partial charge in [0.25, 0.3) is 0 Å². The Hall–Kier alpha value is -2.77. The summed E-state index contributed by atoms with van der Waals surface area (Å²) in [4.78, 5) is 0. The quantitative estimate of drug-likeness (QED) is 0.342. The van der Waals surface area contributed by atoms with Crippen LogP contribution < -0.4 is 0 Å². The van der Waals surface area contributed by atoms with Crippen molar-refractivity contribution in [2.24, 2.45) is 0 Å². The monoisotopic (exact) mass is 410 g/mol. The molecule has 1 heterocycles. The van der Waals surface area contributed by atoms with Crippen molar-refractivity contribution in [3.05, 3.63) is 144 Å². The second-order valence-electron chi connectivity index (χ2n) is 7.45. The van der Waals surface area contributed by atoms with Gasteiger partial charge in [0.15, 0.2) is 19.6 Å². The van der Waals surface area contributed by atoms with Gasteiger partial charge < -0.3 is 9.05 Å². The van der Waals surface area contributed by atoms with Gasteiger partial charge in [-0.15, -0.1) is 0 Å². The molecule has 1 saturated heterocycles. The molecule has 30 heavy (non-hydrogen) atoms. The Morgan fingerprint density at radius 3 is 0.900 bits per heavy atom. The van der Waals surface area contributed by atoms with E-state index < -0.39 is 19.6 Å². The molecular weight excluding hydrogens is 387 g/mol. The molecule has 0 amide bonds. The molecule has 0 spiro atoms. The molecule has 0 radical (unpaired) electrons. The van der Waals surface area contributed by atoms with Crippen LogP contribution in [0.25, 0.3) is 0 Å². The first-order valence-corrected chi connectivity index (χ1v) is 11.7. The van der Waals surface area contributed by atoms with Gasteiger partial charge >= 0.3 is 0 Å². The van der Waals surface area contributed by atoms with Crippen molar-refractivity contribution in [3.63, 3.8) is 0 Å². The lowest BCUT2D eigenvalue weighted by Crippen LogP contribution is -2.48. The van der Waals surface area contributed by atoms with E-state index in [1.165, 1.54) is 0 Å². The third-order valence-corrected chi connectivity index (χ3v) is 6.81. The average Bonchev–Trinajstić information content (AvgIpc) is 3.16. The van der Waals surface area contributed by atoms with E-state index in [0.29, 0.717) is 0 Å². The van der Waals surface area contributed by atoms with Crippen LogP contribution in [0.3, 0.4) is 0 Å². The van der Waals surface area contributed by atoms with Crippen molar-refractivity contribution in [3.8, 4) is 0 Å². The van der Waals surface area contributed by atoms with Crippen LogP contribution in [0.4, 0.5) is 0 Å². The van der Waals surface area contributed by atoms with E-state index in [1.54, 1.807) is 0 Å². The normalized spacial score (nSPS) is 17.6. The Morgan fingerprint density at radius 1 is 0.433 bits per heavy atom. The maximum atomic E-state index is 6.89. The topological polar surface area (TPSA) is 18.5 Å². The van der Waals surface area contributed by atoms with Gasteiger partial charge in [0.2, 0.25) is 0 Å². The van der Waals surface area contributed by atoms with Crippen molar-refractivity contribution in [1.29, 1.82) is 0 Å². The molecule has 0 saturated carbocycles. The SMILES string of the molecule is CP1OC(c2ccccc2)(c2ccccc2)C(c2ccccc2)(c2ccccc2)O1. The van der Waals surface area contributed by atoms with E-state index >= 15 is 0 Å². The molecule has 1 aliphatic rings. The summed E-state index contributed by atoms with van der Waals surface area (Å²) in [5, 5.41) is 0. The maximum Gasteiger partial charge on any atom is 0.169 e. The van der Waals surface area contributed by atoms with E-state index in [2.05, 4.69) is 97.1 Å². The average molecular weight is 410 g/mol. The Bertz CT molecular complexity index is 929. The zero-order valence-corrected chi connectivity index (χ0v) is 17.7. The van der Waals surface area contributed by atoms with Crippen molar-refractivity contribution < 1.29 is 9.05 Å². The van der Waals surface area contributed by atoms with Crippen molar-refractivity contribution in [2.45, 2.75) is 11.2 Å². The van der Waals surface area contributed by atoms with Gasteiger partial charge in [0.1, 0.15) is 0 Å². The molecule has 148 valence electrons. The van der Waals surface area contributed by atoms with Crippen LogP contribution in [0.2, 0.25) is 0 Å². The van der Waals surface area contributed by atoms with Gasteiger partial charge in [0.05, 0.1) is 0 Å². The molecule has 1 aliphatic heterocycles.